The Morgan fingerprint density at radius 1 is 0.933 bits per heavy atom. The van der Waals surface area contributed by atoms with Crippen LogP contribution in [0.5, 0.6) is 0 Å². The normalized spacial score (nSPS) is 14.9. The lowest BCUT2D eigenvalue weighted by Crippen LogP contribution is -2.26. The first-order valence-electron chi connectivity index (χ1n) is 10.8. The van der Waals surface area contributed by atoms with Gasteiger partial charge in [0.25, 0.3) is 0 Å². The molecule has 0 radical (unpaired) electrons. The van der Waals surface area contributed by atoms with Crippen molar-refractivity contribution in [3.05, 3.63) is 64.6 Å². The first-order chi connectivity index (χ1) is 14.0. The van der Waals surface area contributed by atoms with Crippen LogP contribution in [0, 0.1) is 19.3 Å². The standard InChI is InChI=1S/C27H29N3/c1-15-8-16(2)23-18(9-15)12-19-24-22-20(27(6,7)25(19)30-23)10-17(13-26(3,4)5)11-21(22)28-14-29-24/h8-12,14H,13H2,1-7H3. The highest BCUT2D eigenvalue weighted by Gasteiger charge is 2.37. The molecular weight excluding hydrogens is 366 g/mol. The van der Waals surface area contributed by atoms with Crippen molar-refractivity contribution in [1.29, 1.82) is 0 Å². The zero-order chi connectivity index (χ0) is 21.4. The molecule has 0 N–H and O–H groups in total. The van der Waals surface area contributed by atoms with E-state index >= 15 is 0 Å². The molecule has 3 heteroatoms. The van der Waals surface area contributed by atoms with Gasteiger partial charge in [-0.05, 0) is 60.6 Å². The molecule has 0 bridgehead atoms. The Kier molecular flexibility index (Phi) is 3.90. The molecule has 4 aromatic rings. The summed E-state index contributed by atoms with van der Waals surface area (Å²) >= 11 is 0. The highest BCUT2D eigenvalue weighted by molar-refractivity contribution is 6.01. The Labute approximate surface area is 178 Å². The van der Waals surface area contributed by atoms with Crippen LogP contribution in [-0.2, 0) is 11.8 Å². The van der Waals surface area contributed by atoms with E-state index in [9.17, 15) is 0 Å². The van der Waals surface area contributed by atoms with Gasteiger partial charge in [-0.15, -0.1) is 0 Å². The number of fused-ring (bicyclic) bond motifs is 3. The van der Waals surface area contributed by atoms with Gasteiger partial charge in [-0.25, -0.2) is 9.97 Å². The number of aromatic nitrogens is 3. The summed E-state index contributed by atoms with van der Waals surface area (Å²) in [5, 5.41) is 2.36. The Hall–Kier alpha value is -2.81. The molecule has 0 atom stereocenters. The summed E-state index contributed by atoms with van der Waals surface area (Å²) in [7, 11) is 0. The monoisotopic (exact) mass is 395 g/mol. The lowest BCUT2D eigenvalue weighted by atomic mass is 9.71. The number of rotatable bonds is 1. The minimum absolute atomic E-state index is 0.218. The summed E-state index contributed by atoms with van der Waals surface area (Å²) in [5.41, 5.74) is 10.5. The molecule has 0 aliphatic heterocycles. The van der Waals surface area contributed by atoms with Crippen LogP contribution < -0.4 is 0 Å². The third-order valence-corrected chi connectivity index (χ3v) is 6.31. The third-order valence-electron chi connectivity index (χ3n) is 6.31. The Morgan fingerprint density at radius 2 is 1.70 bits per heavy atom. The highest BCUT2D eigenvalue weighted by Crippen LogP contribution is 2.48. The number of aryl methyl sites for hydroxylation is 2. The quantitative estimate of drug-likeness (QED) is 0.360. The largest absolute Gasteiger partial charge is 0.251 e. The van der Waals surface area contributed by atoms with Crippen LogP contribution >= 0.6 is 0 Å². The van der Waals surface area contributed by atoms with Crippen LogP contribution in [0.25, 0.3) is 33.1 Å². The van der Waals surface area contributed by atoms with E-state index in [4.69, 9.17) is 9.97 Å². The molecule has 0 spiro atoms. The summed E-state index contributed by atoms with van der Waals surface area (Å²) in [5.74, 6) is 0. The van der Waals surface area contributed by atoms with Gasteiger partial charge in [0.2, 0.25) is 0 Å². The fraction of sp³-hybridized carbons (Fsp3) is 0.370. The molecule has 0 amide bonds. The van der Waals surface area contributed by atoms with Gasteiger partial charge in [0.1, 0.15) is 6.33 Å². The molecule has 1 aliphatic rings. The minimum atomic E-state index is -0.218. The molecule has 0 saturated heterocycles. The third kappa shape index (κ3) is 2.83. The average Bonchev–Trinajstić information content (AvgIpc) is 2.63. The van der Waals surface area contributed by atoms with Gasteiger partial charge in [-0.3, -0.25) is 4.98 Å². The van der Waals surface area contributed by atoms with Gasteiger partial charge in [0.15, 0.2) is 0 Å². The zero-order valence-corrected chi connectivity index (χ0v) is 19.0. The van der Waals surface area contributed by atoms with Crippen LogP contribution in [0.1, 0.15) is 62.6 Å². The van der Waals surface area contributed by atoms with E-state index in [1.54, 1.807) is 6.33 Å². The molecule has 0 unspecified atom stereocenters. The van der Waals surface area contributed by atoms with E-state index in [-0.39, 0.29) is 10.8 Å². The van der Waals surface area contributed by atoms with E-state index in [1.807, 2.05) is 0 Å². The predicted octanol–water partition coefficient (Wildman–Crippen LogP) is 6.69. The van der Waals surface area contributed by atoms with Crippen LogP contribution in [-0.4, -0.2) is 15.0 Å². The number of pyridine rings is 1. The molecule has 2 heterocycles. The predicted molar refractivity (Wildman–Crippen MR) is 125 cm³/mol. The van der Waals surface area contributed by atoms with E-state index < -0.39 is 0 Å². The van der Waals surface area contributed by atoms with Crippen molar-refractivity contribution in [2.75, 3.05) is 0 Å². The van der Waals surface area contributed by atoms with Gasteiger partial charge in [0.05, 0.1) is 22.4 Å². The molecule has 0 fully saturated rings. The second-order valence-electron chi connectivity index (χ2n) is 10.7. The summed E-state index contributed by atoms with van der Waals surface area (Å²) < 4.78 is 0. The molecule has 3 nitrogen and oxygen atoms in total. The molecule has 5 rings (SSSR count). The molecule has 152 valence electrons. The van der Waals surface area contributed by atoms with Crippen molar-refractivity contribution in [3.63, 3.8) is 0 Å². The maximum absolute atomic E-state index is 5.24. The Morgan fingerprint density at radius 3 is 2.43 bits per heavy atom. The molecule has 2 aromatic heterocycles. The number of benzene rings is 2. The van der Waals surface area contributed by atoms with E-state index in [0.29, 0.717) is 0 Å². The lowest BCUT2D eigenvalue weighted by Gasteiger charge is -2.34. The topological polar surface area (TPSA) is 38.7 Å². The fourth-order valence-corrected chi connectivity index (χ4v) is 5.10. The highest BCUT2D eigenvalue weighted by atomic mass is 14.9. The summed E-state index contributed by atoms with van der Waals surface area (Å²) in [4.78, 5) is 14.7. The van der Waals surface area contributed by atoms with Crippen molar-refractivity contribution >= 4 is 21.8 Å². The van der Waals surface area contributed by atoms with E-state index in [0.717, 1.165) is 34.4 Å². The first-order valence-corrected chi connectivity index (χ1v) is 10.8. The number of hydrogen-bond acceptors (Lipinski definition) is 3. The van der Waals surface area contributed by atoms with Gasteiger partial charge >= 0.3 is 0 Å². The second kappa shape index (κ2) is 6.10. The minimum Gasteiger partial charge on any atom is -0.251 e. The van der Waals surface area contributed by atoms with Crippen molar-refractivity contribution in [2.24, 2.45) is 5.41 Å². The molecule has 1 aliphatic carbocycles. The van der Waals surface area contributed by atoms with Crippen LogP contribution in [0.3, 0.4) is 0 Å². The molecule has 30 heavy (non-hydrogen) atoms. The summed E-state index contributed by atoms with van der Waals surface area (Å²) in [6.45, 7) is 15.7. The van der Waals surface area contributed by atoms with Crippen molar-refractivity contribution in [1.82, 2.24) is 15.0 Å². The first kappa shape index (κ1) is 19.2. The number of hydrogen-bond donors (Lipinski definition) is 0. The fourth-order valence-electron chi connectivity index (χ4n) is 5.10. The smallest absolute Gasteiger partial charge is 0.116 e. The Balaban J connectivity index is 1.88. The molecular formula is C27H29N3. The van der Waals surface area contributed by atoms with Gasteiger partial charge in [-0.1, -0.05) is 52.3 Å². The average molecular weight is 396 g/mol. The van der Waals surface area contributed by atoms with Crippen molar-refractivity contribution in [3.8, 4) is 11.3 Å². The maximum atomic E-state index is 5.24. The van der Waals surface area contributed by atoms with E-state index in [1.165, 1.54) is 33.0 Å². The van der Waals surface area contributed by atoms with Crippen molar-refractivity contribution in [2.45, 2.75) is 60.3 Å². The maximum Gasteiger partial charge on any atom is 0.116 e. The Bertz CT molecular complexity index is 1340. The van der Waals surface area contributed by atoms with E-state index in [2.05, 4.69) is 83.8 Å². The summed E-state index contributed by atoms with van der Waals surface area (Å²) in [6, 6.07) is 11.3. The van der Waals surface area contributed by atoms with Crippen molar-refractivity contribution < 1.29 is 0 Å². The van der Waals surface area contributed by atoms with Crippen LogP contribution in [0.2, 0.25) is 0 Å². The SMILES string of the molecule is Cc1cc(C)c2nc3c(cc2c1)-c1ncnc2cc(CC(C)(C)C)cc(c12)C3(C)C. The molecule has 0 saturated carbocycles. The van der Waals surface area contributed by atoms with Crippen LogP contribution in [0.4, 0.5) is 0 Å². The zero-order valence-electron chi connectivity index (χ0n) is 19.0. The molecule has 2 aromatic carbocycles. The van der Waals surface area contributed by atoms with Gasteiger partial charge in [0, 0.05) is 21.8 Å². The number of nitrogens with zero attached hydrogens (tertiary/aromatic N) is 3. The second-order valence-corrected chi connectivity index (χ2v) is 10.7. The van der Waals surface area contributed by atoms with Gasteiger partial charge in [-0.2, -0.15) is 0 Å². The van der Waals surface area contributed by atoms with Gasteiger partial charge < -0.3 is 0 Å². The lowest BCUT2D eigenvalue weighted by molar-refractivity contribution is 0.411. The summed E-state index contributed by atoms with van der Waals surface area (Å²) in [6.07, 6.45) is 2.72. The van der Waals surface area contributed by atoms with Crippen LogP contribution in [0.15, 0.2) is 36.7 Å².